The molecule has 0 aromatic heterocycles. The first-order valence-corrected chi connectivity index (χ1v) is 6.68. The second-order valence-electron chi connectivity index (χ2n) is 4.95. The average molecular weight is 277 g/mol. The lowest BCUT2D eigenvalue weighted by molar-refractivity contribution is -0.142. The molecule has 1 aliphatic rings. The Labute approximate surface area is 118 Å². The van der Waals surface area contributed by atoms with Gasteiger partial charge in [-0.25, -0.2) is 0 Å². The van der Waals surface area contributed by atoms with Gasteiger partial charge in [-0.1, -0.05) is 24.3 Å². The number of amides is 1. The summed E-state index contributed by atoms with van der Waals surface area (Å²) in [4.78, 5) is 24.9. The van der Waals surface area contributed by atoms with Crippen LogP contribution in [0, 0.1) is 5.92 Å². The highest BCUT2D eigenvalue weighted by Gasteiger charge is 2.43. The zero-order chi connectivity index (χ0) is 14.7. The Hall–Kier alpha value is -1.88. The molecule has 0 saturated carbocycles. The molecule has 1 amide bonds. The van der Waals surface area contributed by atoms with Crippen LogP contribution in [0.4, 0.5) is 0 Å². The SMILES string of the molecule is CCN1C(=O)CC(C(=O)O)C1c1ccc(COC)cc1. The number of hydrogen-bond acceptors (Lipinski definition) is 3. The Morgan fingerprint density at radius 3 is 2.55 bits per heavy atom. The van der Waals surface area contributed by atoms with Gasteiger partial charge in [0, 0.05) is 20.1 Å². The van der Waals surface area contributed by atoms with Gasteiger partial charge in [-0.05, 0) is 18.1 Å². The zero-order valence-electron chi connectivity index (χ0n) is 11.7. The number of carbonyl (C=O) groups excluding carboxylic acids is 1. The third-order valence-corrected chi connectivity index (χ3v) is 3.72. The molecule has 2 rings (SSSR count). The van der Waals surface area contributed by atoms with Crippen LogP contribution in [0.5, 0.6) is 0 Å². The monoisotopic (exact) mass is 277 g/mol. The van der Waals surface area contributed by atoms with Crippen molar-refractivity contribution in [2.75, 3.05) is 13.7 Å². The molecular weight excluding hydrogens is 258 g/mol. The fraction of sp³-hybridized carbons (Fsp3) is 0.467. The van der Waals surface area contributed by atoms with Crippen LogP contribution >= 0.6 is 0 Å². The summed E-state index contributed by atoms with van der Waals surface area (Å²) in [5.41, 5.74) is 1.89. The van der Waals surface area contributed by atoms with Gasteiger partial charge >= 0.3 is 5.97 Å². The van der Waals surface area contributed by atoms with E-state index in [1.165, 1.54) is 0 Å². The molecule has 1 aromatic rings. The molecule has 1 N–H and O–H groups in total. The maximum Gasteiger partial charge on any atom is 0.309 e. The summed E-state index contributed by atoms with van der Waals surface area (Å²) in [7, 11) is 1.63. The number of carbonyl (C=O) groups is 2. The van der Waals surface area contributed by atoms with Crippen LogP contribution in [-0.2, 0) is 20.9 Å². The van der Waals surface area contributed by atoms with E-state index in [2.05, 4.69) is 0 Å². The highest BCUT2D eigenvalue weighted by Crippen LogP contribution is 2.38. The van der Waals surface area contributed by atoms with Crippen LogP contribution < -0.4 is 0 Å². The molecule has 5 heteroatoms. The van der Waals surface area contributed by atoms with Gasteiger partial charge in [0.15, 0.2) is 0 Å². The smallest absolute Gasteiger partial charge is 0.309 e. The van der Waals surface area contributed by atoms with Crippen LogP contribution in [0.15, 0.2) is 24.3 Å². The molecule has 0 spiro atoms. The van der Waals surface area contributed by atoms with Crippen LogP contribution in [0.1, 0.15) is 30.5 Å². The lowest BCUT2D eigenvalue weighted by Crippen LogP contribution is -2.30. The maximum atomic E-state index is 11.9. The lowest BCUT2D eigenvalue weighted by atomic mass is 9.93. The van der Waals surface area contributed by atoms with Gasteiger partial charge in [-0.2, -0.15) is 0 Å². The molecule has 2 unspecified atom stereocenters. The minimum absolute atomic E-state index is 0.0770. The van der Waals surface area contributed by atoms with Crippen LogP contribution in [-0.4, -0.2) is 35.5 Å². The van der Waals surface area contributed by atoms with Gasteiger partial charge in [0.05, 0.1) is 18.6 Å². The van der Waals surface area contributed by atoms with E-state index in [-0.39, 0.29) is 18.4 Å². The molecule has 5 nitrogen and oxygen atoms in total. The summed E-state index contributed by atoms with van der Waals surface area (Å²) in [5, 5.41) is 9.32. The zero-order valence-corrected chi connectivity index (χ0v) is 11.7. The minimum Gasteiger partial charge on any atom is -0.481 e. The van der Waals surface area contributed by atoms with Crippen LogP contribution in [0.3, 0.4) is 0 Å². The van der Waals surface area contributed by atoms with Crippen molar-refractivity contribution in [1.29, 1.82) is 0 Å². The van der Waals surface area contributed by atoms with E-state index in [9.17, 15) is 14.7 Å². The van der Waals surface area contributed by atoms with E-state index in [0.29, 0.717) is 13.2 Å². The lowest BCUT2D eigenvalue weighted by Gasteiger charge is -2.26. The highest BCUT2D eigenvalue weighted by atomic mass is 16.5. The van der Waals surface area contributed by atoms with Gasteiger partial charge in [-0.15, -0.1) is 0 Å². The fourth-order valence-corrected chi connectivity index (χ4v) is 2.77. The molecule has 1 heterocycles. The topological polar surface area (TPSA) is 66.8 Å². The Bertz CT molecular complexity index is 497. The maximum absolute atomic E-state index is 11.9. The van der Waals surface area contributed by atoms with Crippen molar-refractivity contribution in [2.45, 2.75) is 26.0 Å². The normalized spacial score (nSPS) is 22.3. The number of methoxy groups -OCH3 is 1. The number of ether oxygens (including phenoxy) is 1. The number of carboxylic acid groups (broad SMARTS) is 1. The van der Waals surface area contributed by atoms with Gasteiger partial charge in [0.1, 0.15) is 0 Å². The number of aliphatic carboxylic acids is 1. The standard InChI is InChI=1S/C15H19NO4/c1-3-16-13(17)8-12(15(18)19)14(16)11-6-4-10(5-7-11)9-20-2/h4-7,12,14H,3,8-9H2,1-2H3,(H,18,19). The molecule has 1 aromatic carbocycles. The van der Waals surface area contributed by atoms with E-state index < -0.39 is 11.9 Å². The third-order valence-electron chi connectivity index (χ3n) is 3.72. The second-order valence-corrected chi connectivity index (χ2v) is 4.95. The second kappa shape index (κ2) is 6.05. The quantitative estimate of drug-likeness (QED) is 0.891. The summed E-state index contributed by atoms with van der Waals surface area (Å²) in [6.07, 6.45) is 0.0770. The molecular formula is C15H19NO4. The van der Waals surface area contributed by atoms with E-state index in [1.54, 1.807) is 12.0 Å². The van der Waals surface area contributed by atoms with Crippen LogP contribution in [0.25, 0.3) is 0 Å². The first-order valence-electron chi connectivity index (χ1n) is 6.68. The number of hydrogen-bond donors (Lipinski definition) is 1. The van der Waals surface area contributed by atoms with Gasteiger partial charge in [-0.3, -0.25) is 9.59 Å². The summed E-state index contributed by atoms with van der Waals surface area (Å²) >= 11 is 0. The summed E-state index contributed by atoms with van der Waals surface area (Å²) < 4.78 is 5.05. The number of rotatable bonds is 5. The van der Waals surface area contributed by atoms with Crippen molar-refractivity contribution in [3.05, 3.63) is 35.4 Å². The van der Waals surface area contributed by atoms with E-state index >= 15 is 0 Å². The number of nitrogens with zero attached hydrogens (tertiary/aromatic N) is 1. The Balaban J connectivity index is 2.30. The van der Waals surface area contributed by atoms with E-state index in [0.717, 1.165) is 11.1 Å². The predicted octanol–water partition coefficient (Wildman–Crippen LogP) is 1.83. The molecule has 108 valence electrons. The van der Waals surface area contributed by atoms with Gasteiger partial charge in [0.25, 0.3) is 0 Å². The summed E-state index contributed by atoms with van der Waals surface area (Å²) in [6.45, 7) is 2.91. The predicted molar refractivity (Wildman–Crippen MR) is 73.0 cm³/mol. The van der Waals surface area contributed by atoms with Crippen LogP contribution in [0.2, 0.25) is 0 Å². The van der Waals surface area contributed by atoms with E-state index in [1.807, 2.05) is 31.2 Å². The van der Waals surface area contributed by atoms with Crippen molar-refractivity contribution in [3.8, 4) is 0 Å². The first kappa shape index (κ1) is 14.5. The van der Waals surface area contributed by atoms with Gasteiger partial charge < -0.3 is 14.7 Å². The average Bonchev–Trinajstić information content (AvgIpc) is 2.77. The third kappa shape index (κ3) is 2.67. The van der Waals surface area contributed by atoms with Crippen molar-refractivity contribution in [1.82, 2.24) is 4.90 Å². The van der Waals surface area contributed by atoms with E-state index in [4.69, 9.17) is 4.74 Å². The fourth-order valence-electron chi connectivity index (χ4n) is 2.77. The Kier molecular flexibility index (Phi) is 4.39. The summed E-state index contributed by atoms with van der Waals surface area (Å²) in [5.74, 6) is -1.68. The molecule has 1 aliphatic heterocycles. The Morgan fingerprint density at radius 2 is 2.05 bits per heavy atom. The Morgan fingerprint density at radius 1 is 1.40 bits per heavy atom. The first-order chi connectivity index (χ1) is 9.58. The molecule has 2 atom stereocenters. The summed E-state index contributed by atoms with van der Waals surface area (Å²) in [6, 6.07) is 7.22. The molecule has 0 aliphatic carbocycles. The van der Waals surface area contributed by atoms with Gasteiger partial charge in [0.2, 0.25) is 5.91 Å². The number of likely N-dealkylation sites (tertiary alicyclic amines) is 1. The molecule has 20 heavy (non-hydrogen) atoms. The number of benzene rings is 1. The molecule has 1 fully saturated rings. The molecule has 1 saturated heterocycles. The number of carboxylic acids is 1. The molecule has 0 radical (unpaired) electrons. The van der Waals surface area contributed by atoms with Crippen molar-refractivity contribution in [2.24, 2.45) is 5.92 Å². The van der Waals surface area contributed by atoms with Crippen molar-refractivity contribution in [3.63, 3.8) is 0 Å². The van der Waals surface area contributed by atoms with Crippen molar-refractivity contribution >= 4 is 11.9 Å². The molecule has 0 bridgehead atoms. The largest absolute Gasteiger partial charge is 0.481 e. The highest BCUT2D eigenvalue weighted by molar-refractivity contribution is 5.87. The minimum atomic E-state index is -0.916. The van der Waals surface area contributed by atoms with Crippen molar-refractivity contribution < 1.29 is 19.4 Å².